The number of benzene rings is 2. The maximum absolute atomic E-state index is 8.27. The summed E-state index contributed by atoms with van der Waals surface area (Å²) in [7, 11) is 1.87. The molecule has 0 saturated carbocycles. The highest BCUT2D eigenvalue weighted by Gasteiger charge is 2.09. The third kappa shape index (κ3) is 2.54. The summed E-state index contributed by atoms with van der Waals surface area (Å²) in [5, 5.41) is 12.1. The third-order valence-corrected chi connectivity index (χ3v) is 3.10. The molecule has 0 radical (unpaired) electrons. The Morgan fingerprint density at radius 3 is 2.39 bits per heavy atom. The second-order valence-electron chi connectivity index (χ2n) is 4.18. The van der Waals surface area contributed by atoms with Crippen LogP contribution in [0.2, 0.25) is 5.02 Å². The van der Waals surface area contributed by atoms with Crippen LogP contribution in [0.15, 0.2) is 42.5 Å². The van der Waals surface area contributed by atoms with Crippen molar-refractivity contribution in [2.75, 3.05) is 12.4 Å². The molecular weight excluding hydrogens is 244 g/mol. The SMILES string of the molecule is CNc1cc(C)ccc1C(=N)c1ccc(Cl)cc1. The van der Waals surface area contributed by atoms with Gasteiger partial charge in [0.2, 0.25) is 0 Å². The van der Waals surface area contributed by atoms with E-state index in [0.29, 0.717) is 10.7 Å². The fourth-order valence-electron chi connectivity index (χ4n) is 1.85. The molecule has 0 amide bonds. The maximum Gasteiger partial charge on any atom is 0.0705 e. The standard InChI is InChI=1S/C15H15ClN2/c1-10-3-8-13(14(9-10)18-2)15(17)11-4-6-12(16)7-5-11/h3-9,17-18H,1-2H3. The Hall–Kier alpha value is -1.80. The molecule has 2 aromatic carbocycles. The molecule has 0 heterocycles. The summed E-state index contributed by atoms with van der Waals surface area (Å²) in [4.78, 5) is 0. The smallest absolute Gasteiger partial charge is 0.0705 e. The van der Waals surface area contributed by atoms with Gasteiger partial charge in [-0.3, -0.25) is 5.41 Å². The molecule has 0 atom stereocenters. The number of hydrogen-bond acceptors (Lipinski definition) is 2. The summed E-state index contributed by atoms with van der Waals surface area (Å²) >= 11 is 5.86. The molecular formula is C15H15ClN2. The van der Waals surface area contributed by atoms with E-state index in [9.17, 15) is 0 Å². The highest BCUT2D eigenvalue weighted by Crippen LogP contribution is 2.21. The van der Waals surface area contributed by atoms with Crippen molar-refractivity contribution < 1.29 is 0 Å². The zero-order chi connectivity index (χ0) is 13.1. The van der Waals surface area contributed by atoms with E-state index in [0.717, 1.165) is 16.8 Å². The van der Waals surface area contributed by atoms with Gasteiger partial charge in [0.25, 0.3) is 0 Å². The monoisotopic (exact) mass is 258 g/mol. The number of hydrogen-bond donors (Lipinski definition) is 2. The molecule has 2 N–H and O–H groups in total. The molecule has 0 fully saturated rings. The van der Waals surface area contributed by atoms with Crippen LogP contribution >= 0.6 is 11.6 Å². The Labute approximate surface area is 112 Å². The predicted molar refractivity (Wildman–Crippen MR) is 78.1 cm³/mol. The van der Waals surface area contributed by atoms with Gasteiger partial charge >= 0.3 is 0 Å². The first-order valence-corrected chi connectivity index (χ1v) is 6.13. The van der Waals surface area contributed by atoms with E-state index in [1.165, 1.54) is 5.56 Å². The van der Waals surface area contributed by atoms with Gasteiger partial charge in [-0.2, -0.15) is 0 Å². The van der Waals surface area contributed by atoms with Gasteiger partial charge in [0.05, 0.1) is 5.71 Å². The molecule has 2 rings (SSSR count). The van der Waals surface area contributed by atoms with Crippen LogP contribution in [-0.2, 0) is 0 Å². The molecule has 0 saturated heterocycles. The van der Waals surface area contributed by atoms with Crippen molar-refractivity contribution in [3.8, 4) is 0 Å². The lowest BCUT2D eigenvalue weighted by atomic mass is 9.99. The van der Waals surface area contributed by atoms with Crippen LogP contribution < -0.4 is 5.32 Å². The average Bonchev–Trinajstić information content (AvgIpc) is 2.38. The van der Waals surface area contributed by atoms with Gasteiger partial charge in [-0.25, -0.2) is 0 Å². The minimum absolute atomic E-state index is 0.496. The first-order valence-electron chi connectivity index (χ1n) is 5.75. The molecule has 2 aromatic rings. The van der Waals surface area contributed by atoms with Crippen LogP contribution in [0, 0.1) is 12.3 Å². The van der Waals surface area contributed by atoms with Crippen LogP contribution in [0.25, 0.3) is 0 Å². The zero-order valence-electron chi connectivity index (χ0n) is 10.4. The van der Waals surface area contributed by atoms with Crippen molar-refractivity contribution in [1.29, 1.82) is 5.41 Å². The van der Waals surface area contributed by atoms with E-state index in [1.54, 1.807) is 12.1 Å². The minimum atomic E-state index is 0.496. The highest BCUT2D eigenvalue weighted by atomic mass is 35.5. The summed E-state index contributed by atoms with van der Waals surface area (Å²) in [5.74, 6) is 0. The fourth-order valence-corrected chi connectivity index (χ4v) is 1.98. The van der Waals surface area contributed by atoms with Gasteiger partial charge < -0.3 is 5.32 Å². The molecule has 2 nitrogen and oxygen atoms in total. The summed E-state index contributed by atoms with van der Waals surface area (Å²) in [6, 6.07) is 13.4. The van der Waals surface area contributed by atoms with Gasteiger partial charge in [0.1, 0.15) is 0 Å². The number of halogens is 1. The van der Waals surface area contributed by atoms with E-state index < -0.39 is 0 Å². The second kappa shape index (κ2) is 5.23. The van der Waals surface area contributed by atoms with Crippen LogP contribution in [0.4, 0.5) is 5.69 Å². The Morgan fingerprint density at radius 1 is 1.11 bits per heavy atom. The van der Waals surface area contributed by atoms with Gasteiger partial charge in [-0.15, -0.1) is 0 Å². The van der Waals surface area contributed by atoms with Crippen molar-refractivity contribution in [1.82, 2.24) is 0 Å². The molecule has 0 aliphatic carbocycles. The molecule has 92 valence electrons. The second-order valence-corrected chi connectivity index (χ2v) is 4.62. The Kier molecular flexibility index (Phi) is 3.68. The number of nitrogens with one attached hydrogen (secondary N) is 2. The Balaban J connectivity index is 2.42. The van der Waals surface area contributed by atoms with E-state index in [2.05, 4.69) is 5.32 Å². The van der Waals surface area contributed by atoms with E-state index in [-0.39, 0.29) is 0 Å². The molecule has 0 bridgehead atoms. The zero-order valence-corrected chi connectivity index (χ0v) is 11.2. The molecule has 0 aromatic heterocycles. The minimum Gasteiger partial charge on any atom is -0.388 e. The highest BCUT2D eigenvalue weighted by molar-refractivity contribution is 6.30. The number of rotatable bonds is 3. The third-order valence-electron chi connectivity index (χ3n) is 2.85. The summed E-state index contributed by atoms with van der Waals surface area (Å²) in [6.45, 7) is 2.04. The molecule has 0 aliphatic rings. The first-order chi connectivity index (χ1) is 8.61. The molecule has 0 unspecified atom stereocenters. The van der Waals surface area contributed by atoms with Gasteiger partial charge in [-0.05, 0) is 30.7 Å². The van der Waals surface area contributed by atoms with Crippen molar-refractivity contribution in [2.45, 2.75) is 6.92 Å². The summed E-state index contributed by atoms with van der Waals surface area (Å²) < 4.78 is 0. The lowest BCUT2D eigenvalue weighted by Gasteiger charge is -2.11. The summed E-state index contributed by atoms with van der Waals surface area (Å²) in [6.07, 6.45) is 0. The van der Waals surface area contributed by atoms with Crippen molar-refractivity contribution in [3.05, 3.63) is 64.2 Å². The normalized spacial score (nSPS) is 10.2. The van der Waals surface area contributed by atoms with Crippen LogP contribution in [-0.4, -0.2) is 12.8 Å². The first kappa shape index (κ1) is 12.7. The molecule has 18 heavy (non-hydrogen) atoms. The topological polar surface area (TPSA) is 35.9 Å². The van der Waals surface area contributed by atoms with Gasteiger partial charge in [0, 0.05) is 28.9 Å². The Bertz CT molecular complexity index is 574. The van der Waals surface area contributed by atoms with Gasteiger partial charge in [-0.1, -0.05) is 35.9 Å². The fraction of sp³-hybridized carbons (Fsp3) is 0.133. The number of aryl methyl sites for hydroxylation is 1. The van der Waals surface area contributed by atoms with Crippen LogP contribution in [0.5, 0.6) is 0 Å². The summed E-state index contributed by atoms with van der Waals surface area (Å²) in [5.41, 5.74) is 4.39. The van der Waals surface area contributed by atoms with Crippen molar-refractivity contribution in [2.24, 2.45) is 0 Å². The van der Waals surface area contributed by atoms with Crippen LogP contribution in [0.1, 0.15) is 16.7 Å². The Morgan fingerprint density at radius 2 is 1.78 bits per heavy atom. The largest absolute Gasteiger partial charge is 0.388 e. The lowest BCUT2D eigenvalue weighted by Crippen LogP contribution is -2.05. The number of anilines is 1. The molecule has 3 heteroatoms. The van der Waals surface area contributed by atoms with Crippen molar-refractivity contribution >= 4 is 23.0 Å². The average molecular weight is 259 g/mol. The predicted octanol–water partition coefficient (Wildman–Crippen LogP) is 4.11. The van der Waals surface area contributed by atoms with E-state index >= 15 is 0 Å². The maximum atomic E-state index is 8.27. The molecule has 0 spiro atoms. The van der Waals surface area contributed by atoms with Crippen molar-refractivity contribution in [3.63, 3.8) is 0 Å². The van der Waals surface area contributed by atoms with E-state index in [4.69, 9.17) is 17.0 Å². The quantitative estimate of drug-likeness (QED) is 0.799. The molecule has 0 aliphatic heterocycles. The lowest BCUT2D eigenvalue weighted by molar-refractivity contribution is 1.39. The van der Waals surface area contributed by atoms with E-state index in [1.807, 2.05) is 44.3 Å². The van der Waals surface area contributed by atoms with Gasteiger partial charge in [0.15, 0.2) is 0 Å². The van der Waals surface area contributed by atoms with Crippen LogP contribution in [0.3, 0.4) is 0 Å².